The molecular formula is C17H26N2O3S. The van der Waals surface area contributed by atoms with Crippen LogP contribution in [-0.2, 0) is 10.0 Å². The van der Waals surface area contributed by atoms with Crippen LogP contribution in [0.1, 0.15) is 26.7 Å². The van der Waals surface area contributed by atoms with Gasteiger partial charge in [-0.2, -0.15) is 4.31 Å². The van der Waals surface area contributed by atoms with E-state index < -0.39 is 10.0 Å². The van der Waals surface area contributed by atoms with Gasteiger partial charge in [-0.1, -0.05) is 0 Å². The minimum Gasteiger partial charge on any atom is -0.494 e. The molecule has 128 valence electrons. The summed E-state index contributed by atoms with van der Waals surface area (Å²) in [5.74, 6) is 1.53. The maximum absolute atomic E-state index is 12.7. The zero-order valence-electron chi connectivity index (χ0n) is 13.9. The van der Waals surface area contributed by atoms with Crippen LogP contribution in [0.25, 0.3) is 0 Å². The fraction of sp³-hybridized carbons (Fsp3) is 0.647. The summed E-state index contributed by atoms with van der Waals surface area (Å²) in [5, 5.41) is 0. The van der Waals surface area contributed by atoms with Gasteiger partial charge in [-0.25, -0.2) is 8.42 Å². The van der Waals surface area contributed by atoms with Gasteiger partial charge >= 0.3 is 0 Å². The zero-order chi connectivity index (χ0) is 16.4. The summed E-state index contributed by atoms with van der Waals surface area (Å²) < 4.78 is 32.5. The molecule has 1 saturated heterocycles. The van der Waals surface area contributed by atoms with Crippen molar-refractivity contribution >= 4 is 10.0 Å². The fourth-order valence-electron chi connectivity index (χ4n) is 3.25. The van der Waals surface area contributed by atoms with Gasteiger partial charge < -0.3 is 4.74 Å². The molecule has 6 heteroatoms. The minimum absolute atomic E-state index is 0.352. The lowest BCUT2D eigenvalue weighted by Gasteiger charge is -2.37. The van der Waals surface area contributed by atoms with Crippen LogP contribution in [0, 0.1) is 5.92 Å². The first-order valence-corrected chi connectivity index (χ1v) is 9.93. The first kappa shape index (κ1) is 16.7. The molecule has 23 heavy (non-hydrogen) atoms. The minimum atomic E-state index is -3.40. The Morgan fingerprint density at radius 2 is 1.74 bits per heavy atom. The molecule has 0 N–H and O–H groups in total. The van der Waals surface area contributed by atoms with Crippen molar-refractivity contribution in [1.29, 1.82) is 0 Å². The second-order valence-electron chi connectivity index (χ2n) is 6.42. The quantitative estimate of drug-likeness (QED) is 0.798. The number of ether oxygens (including phenoxy) is 1. The van der Waals surface area contributed by atoms with E-state index in [4.69, 9.17) is 4.74 Å². The van der Waals surface area contributed by atoms with Crippen molar-refractivity contribution in [2.24, 2.45) is 5.92 Å². The van der Waals surface area contributed by atoms with Crippen LogP contribution in [0.15, 0.2) is 29.2 Å². The SMILES string of the molecule is CCOc1ccc(S(=O)(=O)N2CCN(C(C)C3CC3)CC2)cc1. The number of sulfonamides is 1. The average molecular weight is 338 g/mol. The van der Waals surface area contributed by atoms with Gasteiger partial charge in [0.05, 0.1) is 11.5 Å². The third kappa shape index (κ3) is 3.70. The Hall–Kier alpha value is -1.11. The molecule has 1 aliphatic carbocycles. The maximum Gasteiger partial charge on any atom is 0.243 e. The van der Waals surface area contributed by atoms with E-state index in [2.05, 4.69) is 11.8 Å². The maximum atomic E-state index is 12.7. The molecule has 1 aromatic rings. The van der Waals surface area contributed by atoms with Gasteiger partial charge in [0, 0.05) is 32.2 Å². The van der Waals surface area contributed by atoms with Crippen LogP contribution in [0.2, 0.25) is 0 Å². The van der Waals surface area contributed by atoms with Crippen molar-refractivity contribution in [3.05, 3.63) is 24.3 Å². The van der Waals surface area contributed by atoms with Crippen molar-refractivity contribution in [2.75, 3.05) is 32.8 Å². The topological polar surface area (TPSA) is 49.9 Å². The van der Waals surface area contributed by atoms with Gasteiger partial charge in [0.1, 0.15) is 5.75 Å². The number of piperazine rings is 1. The van der Waals surface area contributed by atoms with Gasteiger partial charge in [-0.05, 0) is 56.9 Å². The third-order valence-corrected chi connectivity index (χ3v) is 6.84. The smallest absolute Gasteiger partial charge is 0.243 e. The van der Waals surface area contributed by atoms with Crippen molar-refractivity contribution < 1.29 is 13.2 Å². The van der Waals surface area contributed by atoms with E-state index in [1.807, 2.05) is 6.92 Å². The first-order chi connectivity index (χ1) is 11.0. The molecule has 0 bridgehead atoms. The van der Waals surface area contributed by atoms with Gasteiger partial charge in [-0.15, -0.1) is 0 Å². The van der Waals surface area contributed by atoms with Crippen LogP contribution in [-0.4, -0.2) is 56.5 Å². The lowest BCUT2D eigenvalue weighted by Crippen LogP contribution is -2.51. The Labute approximate surface area is 139 Å². The molecule has 1 aliphatic heterocycles. The first-order valence-electron chi connectivity index (χ1n) is 8.49. The average Bonchev–Trinajstić information content (AvgIpc) is 3.40. The van der Waals surface area contributed by atoms with Crippen LogP contribution >= 0.6 is 0 Å². The van der Waals surface area contributed by atoms with Crippen molar-refractivity contribution in [1.82, 2.24) is 9.21 Å². The number of rotatable bonds is 6. The lowest BCUT2D eigenvalue weighted by atomic mass is 10.1. The highest BCUT2D eigenvalue weighted by Gasteiger charge is 2.35. The van der Waals surface area contributed by atoms with Crippen molar-refractivity contribution in [3.8, 4) is 5.75 Å². The largest absolute Gasteiger partial charge is 0.494 e. The molecule has 0 amide bonds. The van der Waals surface area contributed by atoms with Crippen molar-refractivity contribution in [3.63, 3.8) is 0 Å². The van der Waals surface area contributed by atoms with Crippen LogP contribution in [0.5, 0.6) is 5.75 Å². The highest BCUT2D eigenvalue weighted by atomic mass is 32.2. The molecule has 0 spiro atoms. The van der Waals surface area contributed by atoms with Gasteiger partial charge in [0.2, 0.25) is 10.0 Å². The summed E-state index contributed by atoms with van der Waals surface area (Å²) in [6.45, 7) is 7.56. The third-order valence-electron chi connectivity index (χ3n) is 4.93. The molecule has 1 heterocycles. The summed E-state index contributed by atoms with van der Waals surface area (Å²) in [5.41, 5.74) is 0. The Morgan fingerprint density at radius 1 is 1.13 bits per heavy atom. The summed E-state index contributed by atoms with van der Waals surface area (Å²) in [7, 11) is -3.40. The van der Waals surface area contributed by atoms with E-state index in [-0.39, 0.29) is 0 Å². The standard InChI is InChI=1S/C17H26N2O3S/c1-3-22-16-6-8-17(9-7-16)23(20,21)19-12-10-18(11-13-19)14(2)15-4-5-15/h6-9,14-15H,3-5,10-13H2,1-2H3. The van der Waals surface area contributed by atoms with Gasteiger partial charge in [0.25, 0.3) is 0 Å². The molecule has 1 saturated carbocycles. The summed E-state index contributed by atoms with van der Waals surface area (Å²) in [6.07, 6.45) is 2.65. The Morgan fingerprint density at radius 3 is 2.26 bits per heavy atom. The monoisotopic (exact) mass is 338 g/mol. The fourth-order valence-corrected chi connectivity index (χ4v) is 4.67. The predicted octanol–water partition coefficient (Wildman–Crippen LogP) is 2.19. The molecule has 0 aromatic heterocycles. The Kier molecular flexibility index (Phi) is 4.94. The normalized spacial score (nSPS) is 22.0. The second kappa shape index (κ2) is 6.79. The zero-order valence-corrected chi connectivity index (χ0v) is 14.8. The van der Waals surface area contributed by atoms with E-state index in [1.54, 1.807) is 28.6 Å². The highest BCUT2D eigenvalue weighted by Crippen LogP contribution is 2.35. The molecule has 5 nitrogen and oxygen atoms in total. The second-order valence-corrected chi connectivity index (χ2v) is 8.36. The summed E-state index contributed by atoms with van der Waals surface area (Å²) >= 11 is 0. The van der Waals surface area contributed by atoms with Gasteiger partial charge in [0.15, 0.2) is 0 Å². The van der Waals surface area contributed by atoms with Crippen LogP contribution < -0.4 is 4.74 Å². The number of nitrogens with zero attached hydrogens (tertiary/aromatic N) is 2. The summed E-state index contributed by atoms with van der Waals surface area (Å²) in [4.78, 5) is 2.78. The highest BCUT2D eigenvalue weighted by molar-refractivity contribution is 7.89. The molecule has 0 radical (unpaired) electrons. The number of benzene rings is 1. The van der Waals surface area contributed by atoms with Gasteiger partial charge in [-0.3, -0.25) is 4.90 Å². The number of hydrogen-bond acceptors (Lipinski definition) is 4. The molecule has 1 aromatic carbocycles. The molecular weight excluding hydrogens is 312 g/mol. The molecule has 1 atom stereocenters. The number of hydrogen-bond donors (Lipinski definition) is 0. The summed E-state index contributed by atoms with van der Waals surface area (Å²) in [6, 6.07) is 7.31. The predicted molar refractivity (Wildman–Crippen MR) is 90.1 cm³/mol. The Bertz CT molecular complexity index is 618. The van der Waals surface area contributed by atoms with E-state index in [9.17, 15) is 8.42 Å². The molecule has 3 rings (SSSR count). The molecule has 2 aliphatic rings. The van der Waals surface area contributed by atoms with Crippen LogP contribution in [0.4, 0.5) is 0 Å². The van der Waals surface area contributed by atoms with E-state index in [0.717, 1.165) is 19.0 Å². The van der Waals surface area contributed by atoms with Crippen LogP contribution in [0.3, 0.4) is 0 Å². The van der Waals surface area contributed by atoms with E-state index in [1.165, 1.54) is 12.8 Å². The molecule has 2 fully saturated rings. The lowest BCUT2D eigenvalue weighted by molar-refractivity contribution is 0.133. The Balaban J connectivity index is 1.63. The van der Waals surface area contributed by atoms with Crippen molar-refractivity contribution in [2.45, 2.75) is 37.6 Å². The van der Waals surface area contributed by atoms with E-state index in [0.29, 0.717) is 36.4 Å². The van der Waals surface area contributed by atoms with E-state index >= 15 is 0 Å². The molecule has 1 unspecified atom stereocenters.